The summed E-state index contributed by atoms with van der Waals surface area (Å²) >= 11 is 3.47. The maximum absolute atomic E-state index is 9.69. The minimum Gasteiger partial charge on any atom is -0.388 e. The Morgan fingerprint density at radius 2 is 1.94 bits per heavy atom. The Morgan fingerprint density at radius 1 is 1.31 bits per heavy atom. The second kappa shape index (κ2) is 4.73. The van der Waals surface area contributed by atoms with Crippen molar-refractivity contribution in [2.24, 2.45) is 0 Å². The van der Waals surface area contributed by atoms with E-state index in [0.29, 0.717) is 13.2 Å². The van der Waals surface area contributed by atoms with Crippen LogP contribution in [-0.2, 0) is 4.74 Å². The molecule has 2 N–H and O–H groups in total. The smallest absolute Gasteiger partial charge is 0.0996 e. The van der Waals surface area contributed by atoms with Gasteiger partial charge in [-0.25, -0.2) is 0 Å². The Kier molecular flexibility index (Phi) is 3.52. The summed E-state index contributed by atoms with van der Waals surface area (Å²) in [6, 6.07) is 4.13. The van der Waals surface area contributed by atoms with Gasteiger partial charge in [-0.3, -0.25) is 0 Å². The van der Waals surface area contributed by atoms with Gasteiger partial charge in [0.25, 0.3) is 0 Å². The van der Waals surface area contributed by atoms with E-state index in [4.69, 9.17) is 4.74 Å². The lowest BCUT2D eigenvalue weighted by Gasteiger charge is -2.20. The monoisotopic (exact) mass is 285 g/mol. The number of benzene rings is 1. The molecule has 0 radical (unpaired) electrons. The molecule has 0 spiro atoms. The SMILES string of the molecule is Cc1cc(Br)cc(C)c1NC1COCC1O. The normalized spacial score (nSPS) is 24.8. The summed E-state index contributed by atoms with van der Waals surface area (Å²) in [4.78, 5) is 0. The Balaban J connectivity index is 2.21. The molecule has 2 unspecified atom stereocenters. The molecule has 1 aliphatic rings. The number of ether oxygens (including phenoxy) is 1. The van der Waals surface area contributed by atoms with Crippen molar-refractivity contribution in [1.29, 1.82) is 0 Å². The molecule has 2 rings (SSSR count). The summed E-state index contributed by atoms with van der Waals surface area (Å²) in [7, 11) is 0. The van der Waals surface area contributed by atoms with Crippen molar-refractivity contribution in [3.8, 4) is 0 Å². The Morgan fingerprint density at radius 3 is 2.44 bits per heavy atom. The van der Waals surface area contributed by atoms with Crippen LogP contribution in [0.1, 0.15) is 11.1 Å². The molecular weight excluding hydrogens is 270 g/mol. The van der Waals surface area contributed by atoms with Gasteiger partial charge in [0, 0.05) is 10.2 Å². The summed E-state index contributed by atoms with van der Waals surface area (Å²) in [5.74, 6) is 0. The third-order valence-corrected chi connectivity index (χ3v) is 3.34. The fourth-order valence-corrected chi connectivity index (χ4v) is 2.69. The molecule has 1 fully saturated rings. The zero-order chi connectivity index (χ0) is 11.7. The number of anilines is 1. The van der Waals surface area contributed by atoms with Gasteiger partial charge in [0.2, 0.25) is 0 Å². The van der Waals surface area contributed by atoms with E-state index < -0.39 is 6.10 Å². The highest BCUT2D eigenvalue weighted by Gasteiger charge is 2.26. The number of aliphatic hydroxyl groups is 1. The zero-order valence-corrected chi connectivity index (χ0v) is 11.0. The van der Waals surface area contributed by atoms with Crippen LogP contribution in [0.2, 0.25) is 0 Å². The van der Waals surface area contributed by atoms with E-state index in [1.807, 2.05) is 0 Å². The first kappa shape index (κ1) is 11.9. The Hall–Kier alpha value is -0.580. The van der Waals surface area contributed by atoms with Crippen molar-refractivity contribution in [1.82, 2.24) is 0 Å². The van der Waals surface area contributed by atoms with E-state index in [0.717, 1.165) is 10.2 Å². The number of rotatable bonds is 2. The van der Waals surface area contributed by atoms with E-state index in [1.165, 1.54) is 11.1 Å². The molecule has 1 heterocycles. The van der Waals surface area contributed by atoms with Crippen molar-refractivity contribution in [2.75, 3.05) is 18.5 Å². The van der Waals surface area contributed by atoms with Crippen LogP contribution in [0.4, 0.5) is 5.69 Å². The number of nitrogens with one attached hydrogen (secondary N) is 1. The van der Waals surface area contributed by atoms with Gasteiger partial charge in [-0.2, -0.15) is 0 Å². The number of aryl methyl sites for hydroxylation is 2. The molecule has 0 aromatic heterocycles. The third kappa shape index (κ3) is 2.39. The van der Waals surface area contributed by atoms with Crippen LogP contribution in [0.3, 0.4) is 0 Å². The molecule has 0 saturated carbocycles. The van der Waals surface area contributed by atoms with Gasteiger partial charge in [0.15, 0.2) is 0 Å². The minimum absolute atomic E-state index is 0.00132. The van der Waals surface area contributed by atoms with Crippen LogP contribution >= 0.6 is 15.9 Å². The summed E-state index contributed by atoms with van der Waals surface area (Å²) in [6.45, 7) is 5.10. The van der Waals surface area contributed by atoms with Gasteiger partial charge >= 0.3 is 0 Å². The second-order valence-corrected chi connectivity index (χ2v) is 5.19. The average molecular weight is 286 g/mol. The van der Waals surface area contributed by atoms with Crippen LogP contribution < -0.4 is 5.32 Å². The number of halogens is 1. The standard InChI is InChI=1S/C12H16BrNO2/c1-7-3-9(13)4-8(2)12(7)14-10-5-16-6-11(10)15/h3-4,10-11,14-15H,5-6H2,1-2H3. The van der Waals surface area contributed by atoms with Crippen LogP contribution in [0.5, 0.6) is 0 Å². The zero-order valence-electron chi connectivity index (χ0n) is 9.46. The van der Waals surface area contributed by atoms with E-state index in [9.17, 15) is 5.11 Å². The van der Waals surface area contributed by atoms with Crippen molar-refractivity contribution in [2.45, 2.75) is 26.0 Å². The van der Waals surface area contributed by atoms with Crippen molar-refractivity contribution in [3.05, 3.63) is 27.7 Å². The summed E-state index contributed by atoms with van der Waals surface area (Å²) in [6.07, 6.45) is -0.414. The van der Waals surface area contributed by atoms with Gasteiger partial charge in [-0.05, 0) is 37.1 Å². The number of hydrogen-bond donors (Lipinski definition) is 2. The summed E-state index contributed by atoms with van der Waals surface area (Å²) in [5, 5.41) is 13.0. The summed E-state index contributed by atoms with van der Waals surface area (Å²) in [5.41, 5.74) is 3.44. The van der Waals surface area contributed by atoms with Gasteiger partial charge < -0.3 is 15.2 Å². The first-order valence-corrected chi connectivity index (χ1v) is 6.16. The largest absolute Gasteiger partial charge is 0.388 e. The molecule has 4 heteroatoms. The van der Waals surface area contributed by atoms with Gasteiger partial charge in [0.05, 0.1) is 25.4 Å². The van der Waals surface area contributed by atoms with E-state index in [2.05, 4.69) is 47.2 Å². The Labute approximate surface area is 104 Å². The molecule has 0 bridgehead atoms. The number of hydrogen-bond acceptors (Lipinski definition) is 3. The molecule has 16 heavy (non-hydrogen) atoms. The molecular formula is C12H16BrNO2. The highest BCUT2D eigenvalue weighted by Crippen LogP contribution is 2.26. The molecule has 0 aliphatic carbocycles. The predicted molar refractivity (Wildman–Crippen MR) is 67.9 cm³/mol. The van der Waals surface area contributed by atoms with Crippen molar-refractivity contribution >= 4 is 21.6 Å². The van der Waals surface area contributed by atoms with E-state index >= 15 is 0 Å². The van der Waals surface area contributed by atoms with Crippen molar-refractivity contribution in [3.63, 3.8) is 0 Å². The minimum atomic E-state index is -0.414. The lowest BCUT2D eigenvalue weighted by molar-refractivity contribution is 0.125. The average Bonchev–Trinajstić information content (AvgIpc) is 2.57. The van der Waals surface area contributed by atoms with Crippen LogP contribution in [0, 0.1) is 13.8 Å². The van der Waals surface area contributed by atoms with E-state index in [-0.39, 0.29) is 6.04 Å². The Bertz CT molecular complexity index is 372. The van der Waals surface area contributed by atoms with Crippen LogP contribution in [-0.4, -0.2) is 30.5 Å². The first-order valence-electron chi connectivity index (χ1n) is 5.37. The number of aliphatic hydroxyl groups excluding tert-OH is 1. The molecule has 0 amide bonds. The van der Waals surface area contributed by atoms with Crippen molar-refractivity contribution < 1.29 is 9.84 Å². The molecule has 1 saturated heterocycles. The molecule has 3 nitrogen and oxygen atoms in total. The fraction of sp³-hybridized carbons (Fsp3) is 0.500. The van der Waals surface area contributed by atoms with Crippen LogP contribution in [0.15, 0.2) is 16.6 Å². The maximum atomic E-state index is 9.69. The summed E-state index contributed by atoms with van der Waals surface area (Å²) < 4.78 is 6.30. The van der Waals surface area contributed by atoms with Crippen LogP contribution in [0.25, 0.3) is 0 Å². The first-order chi connectivity index (χ1) is 7.58. The van der Waals surface area contributed by atoms with Gasteiger partial charge in [0.1, 0.15) is 0 Å². The highest BCUT2D eigenvalue weighted by atomic mass is 79.9. The van der Waals surface area contributed by atoms with Gasteiger partial charge in [-0.1, -0.05) is 15.9 Å². The highest BCUT2D eigenvalue weighted by molar-refractivity contribution is 9.10. The van der Waals surface area contributed by atoms with Gasteiger partial charge in [-0.15, -0.1) is 0 Å². The topological polar surface area (TPSA) is 41.5 Å². The maximum Gasteiger partial charge on any atom is 0.0996 e. The fourth-order valence-electron chi connectivity index (χ4n) is 2.00. The molecule has 1 aromatic rings. The van der Waals surface area contributed by atoms with E-state index in [1.54, 1.807) is 0 Å². The lowest BCUT2D eigenvalue weighted by atomic mass is 10.1. The second-order valence-electron chi connectivity index (χ2n) is 4.27. The molecule has 1 aliphatic heterocycles. The molecule has 88 valence electrons. The molecule has 1 aromatic carbocycles. The quantitative estimate of drug-likeness (QED) is 0.876. The third-order valence-electron chi connectivity index (χ3n) is 2.88. The molecule has 2 atom stereocenters. The lowest BCUT2D eigenvalue weighted by Crippen LogP contribution is -2.32. The predicted octanol–water partition coefficient (Wildman–Crippen LogP) is 2.24.